The maximum absolute atomic E-state index is 5.72. The molecule has 230 valence electrons. The molecule has 3 aliphatic rings. The van der Waals surface area contributed by atoms with Crippen molar-refractivity contribution in [2.75, 3.05) is 9.80 Å². The van der Waals surface area contributed by atoms with Crippen LogP contribution in [0.2, 0.25) is 0 Å². The summed E-state index contributed by atoms with van der Waals surface area (Å²) in [5.74, 6) is 0. The molecule has 4 heterocycles. The van der Waals surface area contributed by atoms with Gasteiger partial charge in [0.25, 0.3) is 6.71 Å². The summed E-state index contributed by atoms with van der Waals surface area (Å²) < 4.78 is 0. The van der Waals surface area contributed by atoms with Crippen LogP contribution >= 0.6 is 0 Å². The summed E-state index contributed by atoms with van der Waals surface area (Å²) in [5.41, 5.74) is 16.0. The van der Waals surface area contributed by atoms with Crippen molar-refractivity contribution in [2.45, 2.75) is 45.4 Å². The topological polar surface area (TPSA) is 19.4 Å². The number of anilines is 6. The number of hydrogen-bond acceptors (Lipinski definition) is 3. The average Bonchev–Trinajstić information content (AvgIpc) is 3.10. The summed E-state index contributed by atoms with van der Waals surface area (Å²) in [4.78, 5) is 10.8. The van der Waals surface area contributed by atoms with Crippen LogP contribution < -0.4 is 26.2 Å². The third-order valence-corrected chi connectivity index (χ3v) is 11.0. The van der Waals surface area contributed by atoms with Crippen LogP contribution in [0.25, 0.3) is 21.7 Å². The highest BCUT2D eigenvalue weighted by molar-refractivity contribution is 7.00. The van der Waals surface area contributed by atoms with E-state index in [-0.39, 0.29) is 17.5 Å². The van der Waals surface area contributed by atoms with Crippen molar-refractivity contribution in [3.05, 3.63) is 144 Å². The van der Waals surface area contributed by atoms with Crippen LogP contribution in [-0.2, 0) is 10.8 Å². The molecule has 0 saturated carbocycles. The van der Waals surface area contributed by atoms with E-state index in [2.05, 4.69) is 172 Å². The van der Waals surface area contributed by atoms with Crippen molar-refractivity contribution in [3.8, 4) is 0 Å². The molecule has 0 radical (unpaired) electrons. The van der Waals surface area contributed by atoms with Gasteiger partial charge in [0.1, 0.15) is 0 Å². The van der Waals surface area contributed by atoms with Crippen LogP contribution in [0.3, 0.4) is 0 Å². The maximum Gasteiger partial charge on any atom is 0.252 e. The van der Waals surface area contributed by atoms with Gasteiger partial charge in [0, 0.05) is 44.4 Å². The van der Waals surface area contributed by atoms with Gasteiger partial charge in [0.05, 0.1) is 22.6 Å². The highest BCUT2D eigenvalue weighted by Gasteiger charge is 2.48. The average molecular weight is 618 g/mol. The standard InChI is InChI=1S/C44H36BN3/c1-43(2,3)42-29-19-10-9-18-28(29)30-26-37-38-41(39(30)46-42)47(27-16-7-6-8-17-27)36-25-14-12-22-33(36)45(38)34-23-15-21-32-40(34)48(37)35-24-13-11-20-31(35)44(32,4)5/h6-26H,1-5H3. The Morgan fingerprint density at radius 3 is 2.00 bits per heavy atom. The summed E-state index contributed by atoms with van der Waals surface area (Å²) >= 11 is 0. The Balaban J connectivity index is 1.46. The molecule has 48 heavy (non-hydrogen) atoms. The largest absolute Gasteiger partial charge is 0.311 e. The molecular formula is C44H36BN3. The first-order valence-electron chi connectivity index (χ1n) is 17.1. The van der Waals surface area contributed by atoms with Gasteiger partial charge in [-0.25, -0.2) is 4.98 Å². The highest BCUT2D eigenvalue weighted by Crippen LogP contribution is 2.55. The fraction of sp³-hybridized carbons (Fsp3) is 0.159. The van der Waals surface area contributed by atoms with Gasteiger partial charge in [0.2, 0.25) is 0 Å². The van der Waals surface area contributed by atoms with Crippen LogP contribution in [0, 0.1) is 0 Å². The molecule has 0 spiro atoms. The van der Waals surface area contributed by atoms with E-state index >= 15 is 0 Å². The third-order valence-electron chi connectivity index (χ3n) is 11.0. The van der Waals surface area contributed by atoms with Gasteiger partial charge in [-0.1, -0.05) is 132 Å². The number of benzene rings is 6. The zero-order valence-electron chi connectivity index (χ0n) is 28.0. The Bertz CT molecular complexity index is 2490. The Hall–Kier alpha value is -5.35. The number of fused-ring (bicyclic) bond motifs is 10. The minimum atomic E-state index is -0.143. The van der Waals surface area contributed by atoms with Crippen molar-refractivity contribution in [2.24, 2.45) is 0 Å². The number of pyridine rings is 1. The van der Waals surface area contributed by atoms with Crippen molar-refractivity contribution < 1.29 is 0 Å². The van der Waals surface area contributed by atoms with E-state index in [1.165, 1.54) is 72.1 Å². The third kappa shape index (κ3) is 3.47. The fourth-order valence-electron chi connectivity index (χ4n) is 8.98. The first kappa shape index (κ1) is 27.7. The van der Waals surface area contributed by atoms with E-state index in [9.17, 15) is 0 Å². The van der Waals surface area contributed by atoms with E-state index in [1.807, 2.05) is 0 Å². The Morgan fingerprint density at radius 1 is 0.562 bits per heavy atom. The van der Waals surface area contributed by atoms with Crippen LogP contribution in [0.4, 0.5) is 34.1 Å². The molecule has 4 heteroatoms. The molecule has 0 bridgehead atoms. The molecule has 0 atom stereocenters. The van der Waals surface area contributed by atoms with Crippen molar-refractivity contribution in [1.29, 1.82) is 0 Å². The normalized spacial score (nSPS) is 15.2. The van der Waals surface area contributed by atoms with Crippen molar-refractivity contribution in [1.82, 2.24) is 4.98 Å². The lowest BCUT2D eigenvalue weighted by Crippen LogP contribution is -2.62. The second-order valence-electron chi connectivity index (χ2n) is 15.2. The molecule has 7 aromatic rings. The smallest absolute Gasteiger partial charge is 0.252 e. The minimum Gasteiger partial charge on any atom is -0.311 e. The molecule has 1 aromatic heterocycles. The number of para-hydroxylation sites is 4. The molecule has 6 aromatic carbocycles. The van der Waals surface area contributed by atoms with Crippen molar-refractivity contribution in [3.63, 3.8) is 0 Å². The quantitative estimate of drug-likeness (QED) is 0.135. The van der Waals surface area contributed by atoms with Crippen molar-refractivity contribution >= 4 is 78.9 Å². The Morgan fingerprint density at radius 2 is 1.21 bits per heavy atom. The number of nitrogens with zero attached hydrogens (tertiary/aromatic N) is 3. The van der Waals surface area contributed by atoms with Gasteiger partial charge in [-0.2, -0.15) is 0 Å². The van der Waals surface area contributed by atoms with Gasteiger partial charge in [-0.3, -0.25) is 0 Å². The summed E-state index contributed by atoms with van der Waals surface area (Å²) in [6, 6.07) is 47.3. The first-order chi connectivity index (χ1) is 23.2. The molecule has 0 amide bonds. The molecule has 10 rings (SSSR count). The zero-order chi connectivity index (χ0) is 32.5. The van der Waals surface area contributed by atoms with Gasteiger partial charge >= 0.3 is 0 Å². The molecule has 0 fully saturated rings. The second kappa shape index (κ2) is 9.38. The zero-order valence-corrected chi connectivity index (χ0v) is 28.0. The summed E-state index contributed by atoms with van der Waals surface area (Å²) in [6.07, 6.45) is 0. The van der Waals surface area contributed by atoms with Crippen LogP contribution in [0.15, 0.2) is 127 Å². The number of rotatable bonds is 1. The molecule has 3 aliphatic heterocycles. The molecule has 0 N–H and O–H groups in total. The predicted molar refractivity (Wildman–Crippen MR) is 204 cm³/mol. The lowest BCUT2D eigenvalue weighted by atomic mass is 9.33. The molecule has 0 unspecified atom stereocenters. The predicted octanol–water partition coefficient (Wildman–Crippen LogP) is 9.41. The lowest BCUT2D eigenvalue weighted by Gasteiger charge is -2.49. The van der Waals surface area contributed by atoms with Crippen LogP contribution in [0.1, 0.15) is 51.4 Å². The number of hydrogen-bond donors (Lipinski definition) is 0. The summed E-state index contributed by atoms with van der Waals surface area (Å²) in [7, 11) is 0. The lowest BCUT2D eigenvalue weighted by molar-refractivity contribution is 0.578. The minimum absolute atomic E-state index is 0.0641. The fourth-order valence-corrected chi connectivity index (χ4v) is 8.98. The molecular weight excluding hydrogens is 581 g/mol. The van der Waals surface area contributed by atoms with Crippen LogP contribution in [0.5, 0.6) is 0 Å². The summed E-state index contributed by atoms with van der Waals surface area (Å²) in [6.45, 7) is 11.7. The van der Waals surface area contributed by atoms with E-state index in [0.29, 0.717) is 0 Å². The highest BCUT2D eigenvalue weighted by atomic mass is 15.2. The van der Waals surface area contributed by atoms with E-state index in [4.69, 9.17) is 4.98 Å². The number of aromatic nitrogens is 1. The molecule has 0 aliphatic carbocycles. The maximum atomic E-state index is 5.72. The van der Waals surface area contributed by atoms with Crippen LogP contribution in [-0.4, -0.2) is 11.7 Å². The first-order valence-corrected chi connectivity index (χ1v) is 17.1. The van der Waals surface area contributed by atoms with Gasteiger partial charge < -0.3 is 9.80 Å². The van der Waals surface area contributed by atoms with E-state index in [1.54, 1.807) is 0 Å². The van der Waals surface area contributed by atoms with Gasteiger partial charge in [-0.15, -0.1) is 0 Å². The Labute approximate surface area is 282 Å². The second-order valence-corrected chi connectivity index (χ2v) is 15.2. The Kier molecular flexibility index (Phi) is 5.42. The van der Waals surface area contributed by atoms with E-state index in [0.717, 1.165) is 16.9 Å². The van der Waals surface area contributed by atoms with Gasteiger partial charge in [-0.05, 0) is 63.2 Å². The van der Waals surface area contributed by atoms with E-state index < -0.39 is 0 Å². The SMILES string of the molecule is CC(C)(C)c1nc2c3c4c(cc2c2ccccc12)N1c2ccccc2C(C)(C)c2cccc(c21)B4c1ccccc1N3c1ccccc1. The van der Waals surface area contributed by atoms with Gasteiger partial charge in [0.15, 0.2) is 0 Å². The molecule has 0 saturated heterocycles. The molecule has 3 nitrogen and oxygen atoms in total. The monoisotopic (exact) mass is 617 g/mol. The summed E-state index contributed by atoms with van der Waals surface area (Å²) in [5, 5.41) is 3.66.